The summed E-state index contributed by atoms with van der Waals surface area (Å²) in [5, 5.41) is 3.01. The molecule has 5 heteroatoms. The molecule has 3 rings (SSSR count). The third-order valence-electron chi connectivity index (χ3n) is 3.82. The van der Waals surface area contributed by atoms with Crippen molar-refractivity contribution >= 4 is 11.6 Å². The number of benzene rings is 2. The Kier molecular flexibility index (Phi) is 6.47. The monoisotopic (exact) mass is 395 g/mol. The Morgan fingerprint density at radius 2 is 1.71 bits per heavy atom. The van der Waals surface area contributed by atoms with Gasteiger partial charge in [0.25, 0.3) is 5.91 Å². The minimum Gasteiger partial charge on any atom is -0.322 e. The van der Waals surface area contributed by atoms with Crippen molar-refractivity contribution < 1.29 is 42.1 Å². The number of rotatable bonds is 4. The van der Waals surface area contributed by atoms with Crippen molar-refractivity contribution in [2.24, 2.45) is 0 Å². The fraction of sp³-hybridized carbons (Fsp3) is 0.158. The molecule has 0 saturated heterocycles. The Labute approximate surface area is 167 Å². The van der Waals surface area contributed by atoms with Crippen molar-refractivity contribution in [3.05, 3.63) is 78.4 Å². The van der Waals surface area contributed by atoms with Gasteiger partial charge in [-0.05, 0) is 37.1 Å². The maximum absolute atomic E-state index is 12.3. The molecule has 0 aliphatic rings. The molecule has 1 N–H and O–H groups in total. The van der Waals surface area contributed by atoms with E-state index >= 15 is 0 Å². The second kappa shape index (κ2) is 8.36. The first-order valence-electron chi connectivity index (χ1n) is 7.62. The third kappa shape index (κ3) is 4.40. The summed E-state index contributed by atoms with van der Waals surface area (Å²) >= 11 is 0. The van der Waals surface area contributed by atoms with E-state index in [4.69, 9.17) is 0 Å². The predicted molar refractivity (Wildman–Crippen MR) is 90.5 cm³/mol. The Hall–Kier alpha value is -1.78. The van der Waals surface area contributed by atoms with Crippen molar-refractivity contribution in [1.29, 1.82) is 0 Å². The number of nitrogens with zero attached hydrogens (tertiary/aromatic N) is 2. The first kappa shape index (κ1) is 18.6. The van der Waals surface area contributed by atoms with Crippen LogP contribution in [0.15, 0.2) is 67.3 Å². The number of hydrogen-bond donors (Lipinski definition) is 1. The van der Waals surface area contributed by atoms with Crippen LogP contribution < -0.4 is 9.88 Å². The van der Waals surface area contributed by atoms with E-state index in [1.807, 2.05) is 90.2 Å². The van der Waals surface area contributed by atoms with Crippen LogP contribution in [0.2, 0.25) is 0 Å². The summed E-state index contributed by atoms with van der Waals surface area (Å²) in [5.74, 6) is -0.0294. The molecule has 0 aliphatic carbocycles. The van der Waals surface area contributed by atoms with Crippen LogP contribution in [0.1, 0.15) is 11.1 Å². The molecule has 1 radical (unpaired) electrons. The van der Waals surface area contributed by atoms with Crippen molar-refractivity contribution in [2.75, 3.05) is 5.32 Å². The zero-order valence-corrected chi connectivity index (χ0v) is 16.8. The Balaban J connectivity index is 0.00000208. The topological polar surface area (TPSA) is 37.9 Å². The summed E-state index contributed by atoms with van der Waals surface area (Å²) in [6, 6.07) is 16.0. The summed E-state index contributed by atoms with van der Waals surface area (Å²) in [7, 11) is 0. The van der Waals surface area contributed by atoms with Gasteiger partial charge >= 0.3 is 0 Å². The predicted octanol–water partition coefficient (Wildman–Crippen LogP) is 3.02. The molecular formula is C19H20N3OY+. The standard InChI is InChI=1S/C19H19N3O.Y/c1-15-7-6-8-16(2)19(15)20-18(23)13-21-11-12-22(14-21)17-9-4-3-5-10-17;/h3-12,14H,13H2,1-2H3;/p+1. The molecular weight excluding hydrogens is 375 g/mol. The number of amides is 1. The van der Waals surface area contributed by atoms with E-state index in [2.05, 4.69) is 5.32 Å². The molecule has 119 valence electrons. The first-order chi connectivity index (χ1) is 11.1. The van der Waals surface area contributed by atoms with Crippen LogP contribution in [-0.2, 0) is 44.0 Å². The summed E-state index contributed by atoms with van der Waals surface area (Å²) in [6.45, 7) is 4.29. The number of para-hydroxylation sites is 2. The van der Waals surface area contributed by atoms with E-state index in [0.29, 0.717) is 0 Å². The molecule has 0 saturated carbocycles. The molecule has 1 heterocycles. The van der Waals surface area contributed by atoms with Gasteiger partial charge in [-0.15, -0.1) is 0 Å². The van der Waals surface area contributed by atoms with Crippen LogP contribution in [0.25, 0.3) is 5.69 Å². The smallest absolute Gasteiger partial charge is 0.266 e. The quantitative estimate of drug-likeness (QED) is 0.678. The minimum atomic E-state index is -0.0294. The van der Waals surface area contributed by atoms with Gasteiger partial charge in [-0.2, -0.15) is 0 Å². The Morgan fingerprint density at radius 3 is 2.38 bits per heavy atom. The van der Waals surface area contributed by atoms with E-state index in [1.165, 1.54) is 0 Å². The zero-order valence-electron chi connectivity index (χ0n) is 13.9. The average Bonchev–Trinajstić information content (AvgIpc) is 3.00. The summed E-state index contributed by atoms with van der Waals surface area (Å²) in [5.41, 5.74) is 4.12. The molecule has 0 spiro atoms. The fourth-order valence-electron chi connectivity index (χ4n) is 2.60. The van der Waals surface area contributed by atoms with E-state index in [-0.39, 0.29) is 45.2 Å². The van der Waals surface area contributed by atoms with Gasteiger partial charge in [0.05, 0.1) is 0 Å². The Morgan fingerprint density at radius 1 is 1.04 bits per heavy atom. The number of nitrogens with one attached hydrogen (secondary N) is 1. The first-order valence-corrected chi connectivity index (χ1v) is 7.62. The van der Waals surface area contributed by atoms with Crippen molar-refractivity contribution in [2.45, 2.75) is 20.4 Å². The zero-order chi connectivity index (χ0) is 16.2. The molecule has 2 aromatic carbocycles. The van der Waals surface area contributed by atoms with E-state index < -0.39 is 0 Å². The molecule has 3 aromatic rings. The van der Waals surface area contributed by atoms with Crippen LogP contribution in [0.3, 0.4) is 0 Å². The van der Waals surface area contributed by atoms with Gasteiger partial charge in [0, 0.05) is 38.4 Å². The molecule has 0 unspecified atom stereocenters. The van der Waals surface area contributed by atoms with Gasteiger partial charge in [0.15, 0.2) is 6.54 Å². The van der Waals surface area contributed by atoms with E-state index in [0.717, 1.165) is 22.5 Å². The normalized spacial score (nSPS) is 10.1. The molecule has 4 nitrogen and oxygen atoms in total. The number of aromatic nitrogens is 2. The number of carbonyl (C=O) groups is 1. The summed E-state index contributed by atoms with van der Waals surface area (Å²) < 4.78 is 3.86. The second-order valence-electron chi connectivity index (χ2n) is 5.64. The molecule has 0 fully saturated rings. The number of aryl methyl sites for hydroxylation is 2. The number of anilines is 1. The third-order valence-corrected chi connectivity index (χ3v) is 3.82. The van der Waals surface area contributed by atoms with E-state index in [9.17, 15) is 4.79 Å². The van der Waals surface area contributed by atoms with Crippen LogP contribution >= 0.6 is 0 Å². The molecule has 1 amide bonds. The van der Waals surface area contributed by atoms with Gasteiger partial charge < -0.3 is 5.32 Å². The van der Waals surface area contributed by atoms with Crippen molar-refractivity contribution in [1.82, 2.24) is 4.57 Å². The average molecular weight is 395 g/mol. The van der Waals surface area contributed by atoms with Crippen LogP contribution in [0.5, 0.6) is 0 Å². The van der Waals surface area contributed by atoms with Gasteiger partial charge in [0.1, 0.15) is 18.1 Å². The van der Waals surface area contributed by atoms with Crippen LogP contribution in [-0.4, -0.2) is 10.5 Å². The molecule has 1 aromatic heterocycles. The second-order valence-corrected chi connectivity index (χ2v) is 5.64. The maximum atomic E-state index is 12.3. The van der Waals surface area contributed by atoms with Crippen molar-refractivity contribution in [3.8, 4) is 5.69 Å². The van der Waals surface area contributed by atoms with Crippen LogP contribution in [0, 0.1) is 13.8 Å². The van der Waals surface area contributed by atoms with Gasteiger partial charge in [0.2, 0.25) is 6.33 Å². The molecule has 24 heavy (non-hydrogen) atoms. The van der Waals surface area contributed by atoms with Crippen molar-refractivity contribution in [3.63, 3.8) is 0 Å². The van der Waals surface area contributed by atoms with Crippen LogP contribution in [0.4, 0.5) is 5.69 Å². The van der Waals surface area contributed by atoms with E-state index in [1.54, 1.807) is 0 Å². The summed E-state index contributed by atoms with van der Waals surface area (Å²) in [6.07, 6.45) is 5.76. The molecule has 0 bridgehead atoms. The Bertz CT molecular complexity index is 807. The number of hydrogen-bond acceptors (Lipinski definition) is 1. The SMILES string of the molecule is Cc1cccc(C)c1NC(=O)C[n+]1ccn(-c2ccccc2)c1.[Y]. The van der Waals surface area contributed by atoms with Gasteiger partial charge in [-0.1, -0.05) is 36.4 Å². The molecule has 0 aliphatic heterocycles. The molecule has 0 atom stereocenters. The largest absolute Gasteiger partial charge is 0.322 e. The van der Waals surface area contributed by atoms with Gasteiger partial charge in [-0.25, -0.2) is 9.13 Å². The van der Waals surface area contributed by atoms with Gasteiger partial charge in [-0.3, -0.25) is 4.79 Å². The summed E-state index contributed by atoms with van der Waals surface area (Å²) in [4.78, 5) is 12.3. The maximum Gasteiger partial charge on any atom is 0.266 e. The minimum absolute atomic E-state index is 0. The number of imidazole rings is 1. The fourth-order valence-corrected chi connectivity index (χ4v) is 2.60. The number of carbonyl (C=O) groups excluding carboxylic acids is 1.